The molecule has 1 unspecified atom stereocenters. The number of nitrogens with one attached hydrogen (secondary N) is 1. The number of nitrogens with zero attached hydrogens (tertiary/aromatic N) is 2. The topological polar surface area (TPSA) is 94.0 Å². The molecule has 0 fully saturated rings. The molecule has 0 bridgehead atoms. The Kier molecular flexibility index (Phi) is 3.64. The third kappa shape index (κ3) is 3.03. The lowest BCUT2D eigenvalue weighted by atomic mass is 9.96. The highest BCUT2D eigenvalue weighted by molar-refractivity contribution is 5.78. The monoisotopic (exact) mass is 226 g/mol. The van der Waals surface area contributed by atoms with Gasteiger partial charge < -0.3 is 15.6 Å². The number of aromatic nitrogens is 2. The molecule has 3 N–H and O–H groups in total. The molecular weight excluding hydrogens is 208 g/mol. The first-order chi connectivity index (χ1) is 7.34. The maximum absolute atomic E-state index is 11.1. The number of carbonyl (C=O) groups is 1. The molecule has 1 aromatic heterocycles. The lowest BCUT2D eigenvalue weighted by molar-refractivity contribution is -0.120. The van der Waals surface area contributed by atoms with Gasteiger partial charge in [0.1, 0.15) is 6.04 Å². The molecule has 1 heterocycles. The molecule has 90 valence electrons. The molecule has 6 nitrogen and oxygen atoms in total. The van der Waals surface area contributed by atoms with Gasteiger partial charge in [-0.3, -0.25) is 4.79 Å². The normalized spacial score (nSPS) is 13.6. The molecule has 0 aliphatic heterocycles. The van der Waals surface area contributed by atoms with Gasteiger partial charge in [0.25, 0.3) is 0 Å². The van der Waals surface area contributed by atoms with Gasteiger partial charge in [0.2, 0.25) is 11.8 Å². The van der Waals surface area contributed by atoms with Gasteiger partial charge in [-0.15, -0.1) is 0 Å². The van der Waals surface area contributed by atoms with Crippen molar-refractivity contribution >= 4 is 5.91 Å². The van der Waals surface area contributed by atoms with E-state index in [2.05, 4.69) is 15.5 Å². The van der Waals surface area contributed by atoms with Crippen LogP contribution in [0.25, 0.3) is 0 Å². The highest BCUT2D eigenvalue weighted by Gasteiger charge is 2.23. The zero-order chi connectivity index (χ0) is 12.3. The predicted octanol–water partition coefficient (Wildman–Crippen LogP) is 0.503. The third-order valence-electron chi connectivity index (χ3n) is 2.05. The summed E-state index contributed by atoms with van der Waals surface area (Å²) < 4.78 is 5.08. The molecule has 1 rings (SSSR count). The molecule has 1 atom stereocenters. The van der Waals surface area contributed by atoms with E-state index in [1.165, 1.54) is 0 Å². The van der Waals surface area contributed by atoms with Crippen molar-refractivity contribution in [1.82, 2.24) is 15.5 Å². The molecule has 0 saturated heterocycles. The maximum atomic E-state index is 11.1. The lowest BCUT2D eigenvalue weighted by Gasteiger charge is -2.11. The van der Waals surface area contributed by atoms with Gasteiger partial charge in [-0.25, -0.2) is 0 Å². The summed E-state index contributed by atoms with van der Waals surface area (Å²) in [4.78, 5) is 15.3. The summed E-state index contributed by atoms with van der Waals surface area (Å²) in [7, 11) is 0. The van der Waals surface area contributed by atoms with Crippen LogP contribution in [0.3, 0.4) is 0 Å². The Morgan fingerprint density at radius 1 is 1.56 bits per heavy atom. The van der Waals surface area contributed by atoms with Crippen molar-refractivity contribution in [2.45, 2.75) is 39.2 Å². The van der Waals surface area contributed by atoms with Crippen LogP contribution in [0.2, 0.25) is 0 Å². The highest BCUT2D eigenvalue weighted by Crippen LogP contribution is 2.20. The molecule has 0 aliphatic carbocycles. The standard InChI is InChI=1S/C10H18N4O2/c1-6(12-7(15)5-11)8-13-9(14-16-8)10(2,3)4/h6H,5,11H2,1-4H3,(H,12,15). The van der Waals surface area contributed by atoms with E-state index in [1.54, 1.807) is 6.92 Å². The zero-order valence-corrected chi connectivity index (χ0v) is 10.1. The lowest BCUT2D eigenvalue weighted by Crippen LogP contribution is -2.32. The van der Waals surface area contributed by atoms with Gasteiger partial charge in [0.15, 0.2) is 5.82 Å². The zero-order valence-electron chi connectivity index (χ0n) is 10.1. The molecule has 1 amide bonds. The minimum atomic E-state index is -0.320. The third-order valence-corrected chi connectivity index (χ3v) is 2.05. The minimum Gasteiger partial charge on any atom is -0.343 e. The maximum Gasteiger partial charge on any atom is 0.248 e. The molecule has 0 aromatic carbocycles. The number of hydrogen-bond acceptors (Lipinski definition) is 5. The van der Waals surface area contributed by atoms with Crippen LogP contribution in [0, 0.1) is 0 Å². The highest BCUT2D eigenvalue weighted by atomic mass is 16.5. The minimum absolute atomic E-state index is 0.0510. The number of hydrogen-bond donors (Lipinski definition) is 2. The largest absolute Gasteiger partial charge is 0.343 e. The Labute approximate surface area is 94.6 Å². The Balaban J connectivity index is 2.74. The fraction of sp³-hybridized carbons (Fsp3) is 0.700. The summed E-state index contributed by atoms with van der Waals surface area (Å²) in [5, 5.41) is 6.52. The fourth-order valence-corrected chi connectivity index (χ4v) is 1.08. The Morgan fingerprint density at radius 2 is 2.19 bits per heavy atom. The van der Waals surface area contributed by atoms with Crippen LogP contribution in [0.5, 0.6) is 0 Å². The number of nitrogens with two attached hydrogens (primary N) is 1. The van der Waals surface area contributed by atoms with Crippen molar-refractivity contribution in [2.75, 3.05) is 6.54 Å². The Bertz CT molecular complexity index is 367. The van der Waals surface area contributed by atoms with E-state index >= 15 is 0 Å². The molecule has 0 spiro atoms. The van der Waals surface area contributed by atoms with E-state index in [4.69, 9.17) is 10.3 Å². The van der Waals surface area contributed by atoms with Crippen molar-refractivity contribution < 1.29 is 9.32 Å². The van der Waals surface area contributed by atoms with E-state index < -0.39 is 0 Å². The summed E-state index contributed by atoms with van der Waals surface area (Å²) in [6.45, 7) is 7.69. The van der Waals surface area contributed by atoms with Gasteiger partial charge in [-0.2, -0.15) is 4.98 Å². The van der Waals surface area contributed by atoms with Crippen LogP contribution in [-0.2, 0) is 10.2 Å². The Hall–Kier alpha value is -1.43. The average molecular weight is 226 g/mol. The van der Waals surface area contributed by atoms with E-state index in [9.17, 15) is 4.79 Å². The Morgan fingerprint density at radius 3 is 2.62 bits per heavy atom. The average Bonchev–Trinajstić information content (AvgIpc) is 2.65. The van der Waals surface area contributed by atoms with E-state index in [0.29, 0.717) is 11.7 Å². The number of amides is 1. The van der Waals surface area contributed by atoms with Crippen molar-refractivity contribution in [1.29, 1.82) is 0 Å². The van der Waals surface area contributed by atoms with Crippen molar-refractivity contribution in [3.8, 4) is 0 Å². The van der Waals surface area contributed by atoms with Crippen molar-refractivity contribution in [3.05, 3.63) is 11.7 Å². The summed E-state index contributed by atoms with van der Waals surface area (Å²) in [6, 6.07) is -0.320. The molecule has 0 radical (unpaired) electrons. The van der Waals surface area contributed by atoms with E-state index in [1.807, 2.05) is 20.8 Å². The van der Waals surface area contributed by atoms with Gasteiger partial charge in [-0.05, 0) is 6.92 Å². The van der Waals surface area contributed by atoms with E-state index in [0.717, 1.165) is 0 Å². The first kappa shape index (κ1) is 12.6. The van der Waals surface area contributed by atoms with Gasteiger partial charge in [0, 0.05) is 5.41 Å². The van der Waals surface area contributed by atoms with Gasteiger partial charge in [-0.1, -0.05) is 25.9 Å². The molecular formula is C10H18N4O2. The quantitative estimate of drug-likeness (QED) is 0.782. The van der Waals surface area contributed by atoms with Crippen molar-refractivity contribution in [2.24, 2.45) is 5.73 Å². The second-order valence-corrected chi connectivity index (χ2v) is 4.70. The molecule has 0 saturated carbocycles. The summed E-state index contributed by atoms with van der Waals surface area (Å²) in [5.41, 5.74) is 5.03. The summed E-state index contributed by atoms with van der Waals surface area (Å²) in [6.07, 6.45) is 0. The van der Waals surface area contributed by atoms with Crippen LogP contribution >= 0.6 is 0 Å². The SMILES string of the molecule is CC(NC(=O)CN)c1nc(C(C)(C)C)no1. The summed E-state index contributed by atoms with van der Waals surface area (Å²) >= 11 is 0. The summed E-state index contributed by atoms with van der Waals surface area (Å²) in [5.74, 6) is 0.770. The molecule has 0 aliphatic rings. The fourth-order valence-electron chi connectivity index (χ4n) is 1.08. The molecule has 1 aromatic rings. The second kappa shape index (κ2) is 4.61. The van der Waals surface area contributed by atoms with E-state index in [-0.39, 0.29) is 23.9 Å². The molecule has 16 heavy (non-hydrogen) atoms. The van der Waals surface area contributed by atoms with Crippen LogP contribution in [0.1, 0.15) is 45.5 Å². The van der Waals surface area contributed by atoms with Crippen LogP contribution in [0.15, 0.2) is 4.52 Å². The second-order valence-electron chi connectivity index (χ2n) is 4.70. The van der Waals surface area contributed by atoms with Crippen LogP contribution in [0.4, 0.5) is 0 Å². The predicted molar refractivity (Wildman–Crippen MR) is 58.6 cm³/mol. The molecule has 6 heteroatoms. The van der Waals surface area contributed by atoms with Gasteiger partial charge >= 0.3 is 0 Å². The first-order valence-electron chi connectivity index (χ1n) is 5.18. The number of carbonyl (C=O) groups excluding carboxylic acids is 1. The van der Waals surface area contributed by atoms with Crippen molar-refractivity contribution in [3.63, 3.8) is 0 Å². The first-order valence-corrected chi connectivity index (χ1v) is 5.18. The smallest absolute Gasteiger partial charge is 0.248 e. The van der Waals surface area contributed by atoms with Crippen LogP contribution in [-0.4, -0.2) is 22.6 Å². The van der Waals surface area contributed by atoms with Crippen LogP contribution < -0.4 is 11.1 Å². The number of rotatable bonds is 3. The van der Waals surface area contributed by atoms with Gasteiger partial charge in [0.05, 0.1) is 6.54 Å².